The molecule has 0 saturated carbocycles. The number of para-hydroxylation sites is 1. The van der Waals surface area contributed by atoms with Crippen LogP contribution in [0.15, 0.2) is 60.7 Å². The van der Waals surface area contributed by atoms with Crippen molar-refractivity contribution >= 4 is 52.8 Å². The highest BCUT2D eigenvalue weighted by molar-refractivity contribution is 6.40. The molecule has 8 heteroatoms. The van der Waals surface area contributed by atoms with Gasteiger partial charge in [0.25, 0.3) is 11.8 Å². The Hall–Kier alpha value is -3.09. The van der Waals surface area contributed by atoms with Crippen molar-refractivity contribution in [3.63, 3.8) is 0 Å². The molecule has 1 saturated heterocycles. The first-order valence-electron chi connectivity index (χ1n) is 8.11. The van der Waals surface area contributed by atoms with Crippen LogP contribution in [0.5, 0.6) is 5.75 Å². The first-order valence-corrected chi connectivity index (χ1v) is 8.87. The maximum atomic E-state index is 12.8. The summed E-state index contributed by atoms with van der Waals surface area (Å²) >= 11 is 12.4. The number of halogens is 2. The number of barbiturate groups is 1. The summed E-state index contributed by atoms with van der Waals surface area (Å²) in [5.41, 5.74) is 0.518. The Morgan fingerprint density at radius 2 is 1.71 bits per heavy atom. The maximum absolute atomic E-state index is 12.8. The van der Waals surface area contributed by atoms with E-state index in [9.17, 15) is 14.4 Å². The lowest BCUT2D eigenvalue weighted by Gasteiger charge is -2.26. The quantitative estimate of drug-likeness (QED) is 0.449. The number of hydrogen-bond donors (Lipinski definition) is 1. The van der Waals surface area contributed by atoms with Crippen LogP contribution in [0.3, 0.4) is 0 Å². The minimum atomic E-state index is -0.817. The number of imide groups is 2. The number of carbonyl (C=O) groups is 3. The van der Waals surface area contributed by atoms with Gasteiger partial charge in [-0.15, -0.1) is 0 Å². The molecule has 0 aliphatic carbocycles. The van der Waals surface area contributed by atoms with Crippen LogP contribution in [0.2, 0.25) is 10.0 Å². The van der Waals surface area contributed by atoms with Crippen LogP contribution in [-0.4, -0.2) is 24.5 Å². The molecule has 0 bridgehead atoms. The highest BCUT2D eigenvalue weighted by atomic mass is 35.5. The van der Waals surface area contributed by atoms with Gasteiger partial charge in [-0.05, 0) is 35.9 Å². The van der Waals surface area contributed by atoms with E-state index in [2.05, 4.69) is 11.9 Å². The third-order valence-electron chi connectivity index (χ3n) is 3.79. The first-order chi connectivity index (χ1) is 13.4. The highest BCUT2D eigenvalue weighted by Crippen LogP contribution is 2.35. The minimum absolute atomic E-state index is 0.209. The number of rotatable bonds is 5. The third kappa shape index (κ3) is 3.93. The highest BCUT2D eigenvalue weighted by Gasteiger charge is 2.36. The second-order valence-electron chi connectivity index (χ2n) is 5.71. The predicted molar refractivity (Wildman–Crippen MR) is 108 cm³/mol. The number of hydrogen-bond acceptors (Lipinski definition) is 4. The summed E-state index contributed by atoms with van der Waals surface area (Å²) in [6, 6.07) is 10.5. The van der Waals surface area contributed by atoms with Crippen LogP contribution in [0.4, 0.5) is 10.5 Å². The van der Waals surface area contributed by atoms with Crippen molar-refractivity contribution in [1.29, 1.82) is 0 Å². The Bertz CT molecular complexity index is 980. The molecule has 1 N–H and O–H groups in total. The largest absolute Gasteiger partial charge is 0.486 e. The van der Waals surface area contributed by atoms with Crippen LogP contribution in [0.25, 0.3) is 6.08 Å². The van der Waals surface area contributed by atoms with E-state index in [0.717, 1.165) is 4.90 Å². The minimum Gasteiger partial charge on any atom is -0.486 e. The number of carbonyl (C=O) groups excluding carboxylic acids is 3. The summed E-state index contributed by atoms with van der Waals surface area (Å²) in [6.45, 7) is 3.77. The van der Waals surface area contributed by atoms with Crippen LogP contribution >= 0.6 is 23.2 Å². The number of amides is 4. The van der Waals surface area contributed by atoms with Gasteiger partial charge in [0.05, 0.1) is 15.7 Å². The zero-order valence-corrected chi connectivity index (χ0v) is 16.0. The summed E-state index contributed by atoms with van der Waals surface area (Å²) in [5.74, 6) is -1.29. The SMILES string of the molecule is C=CCOc1c(Cl)cc(/C=C2\C(=O)NC(=O)N(c3ccccc3)C2=O)cc1Cl. The average molecular weight is 417 g/mol. The van der Waals surface area contributed by atoms with Crippen molar-refractivity contribution in [3.05, 3.63) is 76.3 Å². The van der Waals surface area contributed by atoms with E-state index in [1.165, 1.54) is 18.2 Å². The molecule has 0 spiro atoms. The first kappa shape index (κ1) is 19.7. The molecular weight excluding hydrogens is 403 g/mol. The topological polar surface area (TPSA) is 75.7 Å². The van der Waals surface area contributed by atoms with E-state index >= 15 is 0 Å². The van der Waals surface area contributed by atoms with Crippen molar-refractivity contribution in [1.82, 2.24) is 5.32 Å². The summed E-state index contributed by atoms with van der Waals surface area (Å²) in [4.78, 5) is 38.1. The van der Waals surface area contributed by atoms with E-state index in [1.54, 1.807) is 36.4 Å². The Labute approximate surface area is 171 Å². The fourth-order valence-electron chi connectivity index (χ4n) is 2.58. The Kier molecular flexibility index (Phi) is 5.82. The molecule has 142 valence electrons. The Morgan fingerprint density at radius 3 is 2.32 bits per heavy atom. The van der Waals surface area contributed by atoms with Crippen molar-refractivity contribution in [2.75, 3.05) is 11.5 Å². The lowest BCUT2D eigenvalue weighted by Crippen LogP contribution is -2.54. The molecule has 0 aromatic heterocycles. The Balaban J connectivity index is 1.98. The number of benzene rings is 2. The second-order valence-corrected chi connectivity index (χ2v) is 6.52. The number of anilines is 1. The third-order valence-corrected chi connectivity index (χ3v) is 4.35. The van der Waals surface area contributed by atoms with Gasteiger partial charge in [0, 0.05) is 0 Å². The van der Waals surface area contributed by atoms with E-state index in [1.807, 2.05) is 0 Å². The van der Waals surface area contributed by atoms with Gasteiger partial charge >= 0.3 is 6.03 Å². The van der Waals surface area contributed by atoms with Gasteiger partial charge in [-0.25, -0.2) is 9.69 Å². The molecule has 3 rings (SSSR count). The monoisotopic (exact) mass is 416 g/mol. The fraction of sp³-hybridized carbons (Fsp3) is 0.0500. The molecule has 4 amide bonds. The van der Waals surface area contributed by atoms with E-state index < -0.39 is 17.8 Å². The lowest BCUT2D eigenvalue weighted by atomic mass is 10.1. The van der Waals surface area contributed by atoms with Crippen LogP contribution in [0.1, 0.15) is 5.56 Å². The van der Waals surface area contributed by atoms with Gasteiger partial charge < -0.3 is 4.74 Å². The van der Waals surface area contributed by atoms with Crippen LogP contribution < -0.4 is 15.0 Å². The molecule has 1 fully saturated rings. The number of urea groups is 1. The fourth-order valence-corrected chi connectivity index (χ4v) is 3.19. The van der Waals surface area contributed by atoms with Crippen molar-refractivity contribution < 1.29 is 19.1 Å². The molecule has 6 nitrogen and oxygen atoms in total. The average Bonchev–Trinajstić information content (AvgIpc) is 2.65. The number of ether oxygens (including phenoxy) is 1. The van der Waals surface area contributed by atoms with Gasteiger partial charge in [0.2, 0.25) is 0 Å². The number of nitrogens with zero attached hydrogens (tertiary/aromatic N) is 1. The zero-order chi connectivity index (χ0) is 20.3. The molecule has 28 heavy (non-hydrogen) atoms. The van der Waals surface area contributed by atoms with Gasteiger partial charge in [-0.3, -0.25) is 14.9 Å². The van der Waals surface area contributed by atoms with Crippen molar-refractivity contribution in [3.8, 4) is 5.75 Å². The Morgan fingerprint density at radius 1 is 1.07 bits per heavy atom. The van der Waals surface area contributed by atoms with Crippen LogP contribution in [0, 0.1) is 0 Å². The summed E-state index contributed by atoms with van der Waals surface area (Å²) in [5, 5.41) is 2.57. The predicted octanol–water partition coefficient (Wildman–Crippen LogP) is 4.22. The normalized spacial score (nSPS) is 15.6. The smallest absolute Gasteiger partial charge is 0.335 e. The van der Waals surface area contributed by atoms with Gasteiger partial charge in [0.1, 0.15) is 12.2 Å². The lowest BCUT2D eigenvalue weighted by molar-refractivity contribution is -0.122. The molecule has 2 aromatic rings. The molecule has 1 aliphatic rings. The van der Waals surface area contributed by atoms with Gasteiger partial charge in [0.15, 0.2) is 5.75 Å². The second kappa shape index (κ2) is 8.29. The zero-order valence-electron chi connectivity index (χ0n) is 14.4. The molecular formula is C20H14Cl2N2O4. The standard InChI is InChI=1S/C20H14Cl2N2O4/c1-2-8-28-17-15(21)10-12(11-16(17)22)9-14-18(25)23-20(27)24(19(14)26)13-6-4-3-5-7-13/h2-7,9-11H,1,8H2,(H,23,25,27)/b14-9+. The summed E-state index contributed by atoms with van der Waals surface area (Å²) in [6.07, 6.45) is 2.86. The molecule has 1 heterocycles. The molecule has 0 radical (unpaired) electrons. The number of nitrogens with one attached hydrogen (secondary N) is 1. The molecule has 0 unspecified atom stereocenters. The van der Waals surface area contributed by atoms with E-state index in [0.29, 0.717) is 11.3 Å². The van der Waals surface area contributed by atoms with Crippen molar-refractivity contribution in [2.24, 2.45) is 0 Å². The van der Waals surface area contributed by atoms with Crippen LogP contribution in [-0.2, 0) is 9.59 Å². The van der Waals surface area contributed by atoms with Crippen molar-refractivity contribution in [2.45, 2.75) is 0 Å². The molecule has 1 aliphatic heterocycles. The maximum Gasteiger partial charge on any atom is 0.335 e. The summed E-state index contributed by atoms with van der Waals surface area (Å²) in [7, 11) is 0. The van der Waals surface area contributed by atoms with Gasteiger partial charge in [-0.2, -0.15) is 0 Å². The summed E-state index contributed by atoms with van der Waals surface area (Å²) < 4.78 is 5.39. The molecule has 2 aromatic carbocycles. The van der Waals surface area contributed by atoms with E-state index in [4.69, 9.17) is 27.9 Å². The molecule has 0 atom stereocenters. The van der Waals surface area contributed by atoms with Gasteiger partial charge in [-0.1, -0.05) is 54.1 Å². The van der Waals surface area contributed by atoms with E-state index in [-0.39, 0.29) is 28.0 Å².